The van der Waals surface area contributed by atoms with Crippen LogP contribution in [-0.4, -0.2) is 27.4 Å². The second-order valence-corrected chi connectivity index (χ2v) is 6.55. The number of imidazole rings is 1. The van der Waals surface area contributed by atoms with Crippen molar-refractivity contribution in [3.8, 4) is 5.69 Å². The molecule has 0 saturated carbocycles. The van der Waals surface area contributed by atoms with Gasteiger partial charge in [-0.15, -0.1) is 0 Å². The van der Waals surface area contributed by atoms with E-state index in [0.717, 1.165) is 22.8 Å². The Bertz CT molecular complexity index is 1150. The van der Waals surface area contributed by atoms with Gasteiger partial charge in [0.25, 0.3) is 5.91 Å². The van der Waals surface area contributed by atoms with Crippen molar-refractivity contribution in [2.45, 2.75) is 6.54 Å². The lowest BCUT2D eigenvalue weighted by Gasteiger charge is -2.18. The van der Waals surface area contributed by atoms with E-state index in [2.05, 4.69) is 4.98 Å². The molecule has 0 N–H and O–H groups in total. The third-order valence-electron chi connectivity index (χ3n) is 4.62. The van der Waals surface area contributed by atoms with Gasteiger partial charge in [0, 0.05) is 36.5 Å². The van der Waals surface area contributed by atoms with E-state index < -0.39 is 11.6 Å². The van der Waals surface area contributed by atoms with Gasteiger partial charge in [0.05, 0.1) is 11.0 Å². The van der Waals surface area contributed by atoms with E-state index in [-0.39, 0.29) is 18.0 Å². The van der Waals surface area contributed by atoms with Crippen LogP contribution in [0.4, 0.5) is 8.78 Å². The van der Waals surface area contributed by atoms with Gasteiger partial charge in [-0.25, -0.2) is 13.8 Å². The molecule has 0 aliphatic carbocycles. The minimum atomic E-state index is -0.665. The van der Waals surface area contributed by atoms with Crippen molar-refractivity contribution in [1.29, 1.82) is 0 Å². The van der Waals surface area contributed by atoms with Crippen LogP contribution in [0.15, 0.2) is 73.1 Å². The second-order valence-electron chi connectivity index (χ2n) is 6.55. The van der Waals surface area contributed by atoms with Gasteiger partial charge in [-0.05, 0) is 42.5 Å². The molecule has 4 nitrogen and oxygen atoms in total. The summed E-state index contributed by atoms with van der Waals surface area (Å²) in [6.45, 7) is 0.0544. The SMILES string of the molecule is CN(Cc1ccc(F)cc1F)C(=O)c1ccc(-n2cnc3ccccc32)cc1. The maximum absolute atomic E-state index is 13.8. The molecule has 3 aromatic carbocycles. The minimum absolute atomic E-state index is 0.0544. The summed E-state index contributed by atoms with van der Waals surface area (Å²) in [6, 6.07) is 18.3. The Hall–Kier alpha value is -3.54. The summed E-state index contributed by atoms with van der Waals surface area (Å²) in [5.41, 5.74) is 3.50. The number of hydrogen-bond acceptors (Lipinski definition) is 2. The fourth-order valence-corrected chi connectivity index (χ4v) is 3.13. The van der Waals surface area contributed by atoms with E-state index in [1.54, 1.807) is 25.5 Å². The van der Waals surface area contributed by atoms with Crippen LogP contribution in [0.5, 0.6) is 0 Å². The highest BCUT2D eigenvalue weighted by molar-refractivity contribution is 5.94. The van der Waals surface area contributed by atoms with E-state index in [0.29, 0.717) is 5.56 Å². The lowest BCUT2D eigenvalue weighted by Crippen LogP contribution is -2.26. The number of hydrogen-bond donors (Lipinski definition) is 0. The Morgan fingerprint density at radius 1 is 1.04 bits per heavy atom. The first kappa shape index (κ1) is 17.9. The summed E-state index contributed by atoms with van der Waals surface area (Å²) in [5, 5.41) is 0. The third kappa shape index (κ3) is 3.36. The molecule has 1 aromatic heterocycles. The highest BCUT2D eigenvalue weighted by Crippen LogP contribution is 2.19. The van der Waals surface area contributed by atoms with Crippen LogP contribution in [0.2, 0.25) is 0 Å². The Morgan fingerprint density at radius 3 is 2.54 bits per heavy atom. The molecule has 4 rings (SSSR count). The topological polar surface area (TPSA) is 38.1 Å². The van der Waals surface area contributed by atoms with Gasteiger partial charge in [-0.3, -0.25) is 9.36 Å². The number of carbonyl (C=O) groups is 1. The number of benzene rings is 3. The Morgan fingerprint density at radius 2 is 1.79 bits per heavy atom. The molecule has 0 saturated heterocycles. The normalized spacial score (nSPS) is 11.0. The average Bonchev–Trinajstić information content (AvgIpc) is 3.14. The van der Waals surface area contributed by atoms with Crippen molar-refractivity contribution < 1.29 is 13.6 Å². The van der Waals surface area contributed by atoms with E-state index in [1.807, 2.05) is 41.0 Å². The number of halogens is 2. The maximum atomic E-state index is 13.8. The van der Waals surface area contributed by atoms with Crippen molar-refractivity contribution in [2.75, 3.05) is 7.05 Å². The quantitative estimate of drug-likeness (QED) is 0.522. The first-order chi connectivity index (χ1) is 13.5. The van der Waals surface area contributed by atoms with Crippen molar-refractivity contribution in [3.05, 3.63) is 95.8 Å². The molecule has 0 spiro atoms. The first-order valence-electron chi connectivity index (χ1n) is 8.75. The van der Waals surface area contributed by atoms with Crippen LogP contribution >= 0.6 is 0 Å². The minimum Gasteiger partial charge on any atom is -0.337 e. The molecule has 0 radical (unpaired) electrons. The zero-order chi connectivity index (χ0) is 19.7. The van der Waals surface area contributed by atoms with Crippen molar-refractivity contribution >= 4 is 16.9 Å². The van der Waals surface area contributed by atoms with Crippen molar-refractivity contribution in [1.82, 2.24) is 14.5 Å². The summed E-state index contributed by atoms with van der Waals surface area (Å²) >= 11 is 0. The van der Waals surface area contributed by atoms with Gasteiger partial charge in [0.2, 0.25) is 0 Å². The average molecular weight is 377 g/mol. The molecule has 0 aliphatic heterocycles. The monoisotopic (exact) mass is 377 g/mol. The molecule has 1 amide bonds. The van der Waals surface area contributed by atoms with Crippen LogP contribution in [-0.2, 0) is 6.54 Å². The van der Waals surface area contributed by atoms with Gasteiger partial charge in [-0.2, -0.15) is 0 Å². The number of fused-ring (bicyclic) bond motifs is 1. The van der Waals surface area contributed by atoms with Crippen LogP contribution in [0.3, 0.4) is 0 Å². The number of nitrogens with zero attached hydrogens (tertiary/aromatic N) is 3. The number of para-hydroxylation sites is 2. The van der Waals surface area contributed by atoms with Crippen LogP contribution < -0.4 is 0 Å². The molecular weight excluding hydrogens is 360 g/mol. The molecule has 4 aromatic rings. The molecule has 0 unspecified atom stereocenters. The number of aromatic nitrogens is 2. The molecule has 28 heavy (non-hydrogen) atoms. The summed E-state index contributed by atoms with van der Waals surface area (Å²) in [6.07, 6.45) is 1.74. The molecule has 0 fully saturated rings. The van der Waals surface area contributed by atoms with Gasteiger partial charge in [0.15, 0.2) is 0 Å². The van der Waals surface area contributed by atoms with Crippen molar-refractivity contribution in [2.24, 2.45) is 0 Å². The molecule has 140 valence electrons. The summed E-state index contributed by atoms with van der Waals surface area (Å²) < 4.78 is 28.8. The Kier molecular flexibility index (Phi) is 4.61. The van der Waals surface area contributed by atoms with E-state index in [1.165, 1.54) is 17.0 Å². The van der Waals surface area contributed by atoms with Crippen LogP contribution in [0, 0.1) is 11.6 Å². The Labute approximate surface area is 160 Å². The van der Waals surface area contributed by atoms with Crippen LogP contribution in [0.25, 0.3) is 16.7 Å². The standard InChI is InChI=1S/C22H17F2N3O/c1-26(13-16-6-9-17(23)12-19(16)24)22(28)15-7-10-18(11-8-15)27-14-25-20-4-2-3-5-21(20)27/h2-12,14H,13H2,1H3. The molecular formula is C22H17F2N3O. The molecule has 6 heteroatoms. The van der Waals surface area contributed by atoms with E-state index in [9.17, 15) is 13.6 Å². The van der Waals surface area contributed by atoms with Crippen molar-refractivity contribution in [3.63, 3.8) is 0 Å². The third-order valence-corrected chi connectivity index (χ3v) is 4.62. The van der Waals surface area contributed by atoms with Gasteiger partial charge in [0.1, 0.15) is 18.0 Å². The smallest absolute Gasteiger partial charge is 0.253 e. The zero-order valence-corrected chi connectivity index (χ0v) is 15.1. The van der Waals surface area contributed by atoms with E-state index in [4.69, 9.17) is 0 Å². The van der Waals surface area contributed by atoms with Crippen LogP contribution in [0.1, 0.15) is 15.9 Å². The molecule has 0 bridgehead atoms. The number of carbonyl (C=O) groups excluding carboxylic acids is 1. The van der Waals surface area contributed by atoms with Gasteiger partial charge >= 0.3 is 0 Å². The molecule has 0 atom stereocenters. The number of rotatable bonds is 4. The fourth-order valence-electron chi connectivity index (χ4n) is 3.13. The summed E-state index contributed by atoms with van der Waals surface area (Å²) in [4.78, 5) is 18.4. The largest absolute Gasteiger partial charge is 0.337 e. The van der Waals surface area contributed by atoms with E-state index >= 15 is 0 Å². The van der Waals surface area contributed by atoms with Gasteiger partial charge in [-0.1, -0.05) is 18.2 Å². The Balaban J connectivity index is 1.54. The van der Waals surface area contributed by atoms with Gasteiger partial charge < -0.3 is 4.90 Å². The predicted octanol–water partition coefficient (Wildman–Crippen LogP) is 4.58. The summed E-state index contributed by atoms with van der Waals surface area (Å²) in [5.74, 6) is -1.55. The fraction of sp³-hybridized carbons (Fsp3) is 0.0909. The molecule has 1 heterocycles. The maximum Gasteiger partial charge on any atom is 0.253 e. The highest BCUT2D eigenvalue weighted by Gasteiger charge is 2.15. The molecule has 0 aliphatic rings. The summed E-state index contributed by atoms with van der Waals surface area (Å²) in [7, 11) is 1.59. The lowest BCUT2D eigenvalue weighted by atomic mass is 10.1. The lowest BCUT2D eigenvalue weighted by molar-refractivity contribution is 0.0784. The number of amides is 1. The predicted molar refractivity (Wildman–Crippen MR) is 103 cm³/mol. The zero-order valence-electron chi connectivity index (χ0n) is 15.1. The first-order valence-corrected chi connectivity index (χ1v) is 8.75. The second kappa shape index (κ2) is 7.23. The highest BCUT2D eigenvalue weighted by atomic mass is 19.1.